The molecule has 7 aliphatic rings. The number of amides is 4. The van der Waals surface area contributed by atoms with E-state index >= 15 is 0 Å². The van der Waals surface area contributed by atoms with Gasteiger partial charge in [0.15, 0.2) is 0 Å². The van der Waals surface area contributed by atoms with Crippen molar-refractivity contribution in [2.75, 3.05) is 13.2 Å². The van der Waals surface area contributed by atoms with Crippen LogP contribution >= 0.6 is 0 Å². The van der Waals surface area contributed by atoms with Crippen LogP contribution in [0.3, 0.4) is 0 Å². The number of hydrogen-bond acceptors (Lipinski definition) is 10. The Kier molecular flexibility index (Phi) is 10.7. The topological polar surface area (TPSA) is 189 Å². The molecule has 4 aliphatic heterocycles. The molecule has 4 amide bonds. The predicted molar refractivity (Wildman–Crippen MR) is 193 cm³/mol. The van der Waals surface area contributed by atoms with Gasteiger partial charge in [0.25, 0.3) is 5.91 Å². The van der Waals surface area contributed by atoms with Crippen molar-refractivity contribution in [2.24, 2.45) is 11.8 Å². The number of benzene rings is 1. The fraction of sp³-hybridized carbons (Fsp3) is 0.605. The number of sulfonamides is 1. The van der Waals surface area contributed by atoms with E-state index in [4.69, 9.17) is 9.47 Å². The molecule has 0 spiro atoms. The Labute approximate surface area is 309 Å². The Bertz CT molecular complexity index is 1790. The van der Waals surface area contributed by atoms with Crippen LogP contribution in [0.1, 0.15) is 87.3 Å². The van der Waals surface area contributed by atoms with Gasteiger partial charge in [0, 0.05) is 18.9 Å². The third kappa shape index (κ3) is 8.01. The molecule has 3 saturated carbocycles. The van der Waals surface area contributed by atoms with Gasteiger partial charge in [-0.2, -0.15) is 0 Å². The van der Waals surface area contributed by atoms with Gasteiger partial charge in [0.1, 0.15) is 29.8 Å². The van der Waals surface area contributed by atoms with E-state index in [9.17, 15) is 32.4 Å². The molecule has 286 valence electrons. The van der Waals surface area contributed by atoms with Crippen molar-refractivity contribution in [3.05, 3.63) is 53.6 Å². The number of fused-ring (bicyclic) bond motifs is 10. The van der Waals surface area contributed by atoms with Crippen molar-refractivity contribution in [1.82, 2.24) is 25.6 Å². The molecule has 1 saturated heterocycles. The minimum absolute atomic E-state index is 0.0553. The summed E-state index contributed by atoms with van der Waals surface area (Å²) in [7, 11) is -3.90. The molecule has 53 heavy (non-hydrogen) atoms. The van der Waals surface area contributed by atoms with Crippen LogP contribution in [-0.2, 0) is 51.6 Å². The molecule has 4 fully saturated rings. The van der Waals surface area contributed by atoms with E-state index in [0.717, 1.165) is 36.0 Å². The third-order valence-electron chi connectivity index (χ3n) is 11.6. The molecule has 3 aliphatic carbocycles. The van der Waals surface area contributed by atoms with Crippen molar-refractivity contribution >= 4 is 45.9 Å². The molecule has 1 unspecified atom stereocenters. The minimum atomic E-state index is -3.90. The number of carbonyl (C=O) groups excluding carboxylic acids is 5. The lowest BCUT2D eigenvalue weighted by atomic mass is 9.83. The number of allylic oxidation sites excluding steroid dienone is 1. The number of rotatable bonds is 7. The average Bonchev–Trinajstić information content (AvgIpc) is 4.08. The van der Waals surface area contributed by atoms with Crippen LogP contribution in [0.25, 0.3) is 6.08 Å². The van der Waals surface area contributed by atoms with Gasteiger partial charge in [-0.25, -0.2) is 13.2 Å². The average molecular weight is 752 g/mol. The zero-order valence-electron chi connectivity index (χ0n) is 29.8. The molecular formula is C38H49N5O9S. The third-order valence-corrected chi connectivity index (χ3v) is 13.4. The van der Waals surface area contributed by atoms with Crippen LogP contribution in [-0.4, -0.2) is 91.3 Å². The Morgan fingerprint density at radius 2 is 1.85 bits per heavy atom. The van der Waals surface area contributed by atoms with E-state index in [1.54, 1.807) is 0 Å². The van der Waals surface area contributed by atoms with Gasteiger partial charge in [0.2, 0.25) is 21.8 Å². The summed E-state index contributed by atoms with van der Waals surface area (Å²) in [6.07, 6.45) is 10.8. The number of alkyl carbamates (subject to hydrolysis) is 1. The van der Waals surface area contributed by atoms with Crippen LogP contribution in [0.4, 0.5) is 4.79 Å². The van der Waals surface area contributed by atoms with E-state index in [2.05, 4.69) is 27.3 Å². The molecule has 14 nitrogen and oxygen atoms in total. The van der Waals surface area contributed by atoms with Crippen molar-refractivity contribution < 1.29 is 41.9 Å². The number of carbonyl (C=O) groups is 5. The number of hydrogen-bond donors (Lipinski definition) is 4. The largest absolute Gasteiger partial charge is 0.459 e. The summed E-state index contributed by atoms with van der Waals surface area (Å²) in [6.45, 7) is 4.26. The van der Waals surface area contributed by atoms with Crippen LogP contribution < -0.4 is 20.7 Å². The molecule has 1 aromatic rings. The first-order chi connectivity index (χ1) is 25.5. The smallest absolute Gasteiger partial charge is 0.407 e. The van der Waals surface area contributed by atoms with Crippen LogP contribution in [0.2, 0.25) is 0 Å². The van der Waals surface area contributed by atoms with E-state index in [1.165, 1.54) is 11.0 Å². The van der Waals surface area contributed by atoms with Crippen LogP contribution in [0, 0.1) is 11.8 Å². The van der Waals surface area contributed by atoms with Gasteiger partial charge >= 0.3 is 12.1 Å². The predicted octanol–water partition coefficient (Wildman–Crippen LogP) is 2.37. The maximum absolute atomic E-state index is 14.6. The SMILES string of the molecule is C=C[C@H]1C[C@]1(NC(=O)[C@@H]1C[C@@H]2CN1C(=O)[C@H](C1CCCCC1)NC(=O)OCCC/C=C/c1cccc3c1CNC(C3)C(=O)O2)C(=O)NS(=O)(=O)C1CC1. The highest BCUT2D eigenvalue weighted by atomic mass is 32.2. The highest BCUT2D eigenvalue weighted by Gasteiger charge is 2.62. The van der Waals surface area contributed by atoms with E-state index in [-0.39, 0.29) is 31.9 Å². The fourth-order valence-electron chi connectivity index (χ4n) is 8.31. The minimum Gasteiger partial charge on any atom is -0.459 e. The van der Waals surface area contributed by atoms with Gasteiger partial charge < -0.3 is 25.0 Å². The Balaban J connectivity index is 1.16. The van der Waals surface area contributed by atoms with Crippen molar-refractivity contribution in [2.45, 2.75) is 119 Å². The normalized spacial score (nSPS) is 31.7. The summed E-state index contributed by atoms with van der Waals surface area (Å²) in [6, 6.07) is 3.14. The Morgan fingerprint density at radius 3 is 2.58 bits per heavy atom. The van der Waals surface area contributed by atoms with Gasteiger partial charge in [0.05, 0.1) is 18.4 Å². The van der Waals surface area contributed by atoms with Crippen LogP contribution in [0.5, 0.6) is 0 Å². The summed E-state index contributed by atoms with van der Waals surface area (Å²) in [5, 5.41) is 8.24. The Morgan fingerprint density at radius 1 is 1.06 bits per heavy atom. The molecule has 0 aromatic heterocycles. The molecule has 1 aromatic carbocycles. The van der Waals surface area contributed by atoms with Gasteiger partial charge in [-0.15, -0.1) is 6.58 Å². The second kappa shape index (κ2) is 15.2. The van der Waals surface area contributed by atoms with Gasteiger partial charge in [-0.05, 0) is 74.0 Å². The summed E-state index contributed by atoms with van der Waals surface area (Å²) in [5.41, 5.74) is 1.58. The van der Waals surface area contributed by atoms with Crippen molar-refractivity contribution in [1.29, 1.82) is 0 Å². The summed E-state index contributed by atoms with van der Waals surface area (Å²) in [5.74, 6) is -3.29. The van der Waals surface area contributed by atoms with Crippen LogP contribution in [0.15, 0.2) is 36.9 Å². The highest BCUT2D eigenvalue weighted by molar-refractivity contribution is 7.91. The van der Waals surface area contributed by atoms with Crippen molar-refractivity contribution in [3.63, 3.8) is 0 Å². The lowest BCUT2D eigenvalue weighted by molar-refractivity contribution is -0.152. The van der Waals surface area contributed by atoms with E-state index in [1.807, 2.05) is 30.4 Å². The first-order valence-corrected chi connectivity index (χ1v) is 20.5. The zero-order chi connectivity index (χ0) is 37.3. The van der Waals surface area contributed by atoms with Crippen molar-refractivity contribution in [3.8, 4) is 0 Å². The number of nitrogens with zero attached hydrogens (tertiary/aromatic N) is 1. The first-order valence-electron chi connectivity index (χ1n) is 18.9. The quantitative estimate of drug-likeness (QED) is 0.238. The molecule has 8 rings (SSSR count). The van der Waals surface area contributed by atoms with E-state index < -0.39 is 80.7 Å². The second-order valence-electron chi connectivity index (χ2n) is 15.3. The number of ether oxygens (including phenoxy) is 2. The second-order valence-corrected chi connectivity index (χ2v) is 17.3. The zero-order valence-corrected chi connectivity index (χ0v) is 30.7. The number of nitrogens with one attached hydrogen (secondary N) is 4. The molecule has 15 heteroatoms. The maximum Gasteiger partial charge on any atom is 0.407 e. The molecule has 6 bridgehead atoms. The molecule has 4 N–H and O–H groups in total. The standard InChI is InChI=1S/C38H49N5O9S/c1-2-26-20-38(26,36(47)42-53(49,50)28-15-16-28)41-33(44)31-19-27-22-43(31)34(45)32(24-11-5-3-6-12-24)40-37(48)51-17-8-4-7-10-23-13-9-14-25-18-30(35(46)52-27)39-21-29(23)25/h2,7,9-10,13-14,24,26-28,30-32,39H,1,3-6,8,11-12,15-22H2,(H,40,48)(H,41,44)(H,42,47)/b10-7+/t26-,27+,30?,31-,32-,38+/m0/s1. The molecule has 6 atom stereocenters. The lowest BCUT2D eigenvalue weighted by Crippen LogP contribution is -2.59. The highest BCUT2D eigenvalue weighted by Crippen LogP contribution is 2.45. The number of esters is 1. The Hall–Kier alpha value is -4.24. The van der Waals surface area contributed by atoms with Gasteiger partial charge in [-0.1, -0.05) is 55.7 Å². The maximum atomic E-state index is 14.6. The first kappa shape index (κ1) is 37.1. The van der Waals surface area contributed by atoms with Gasteiger partial charge in [-0.3, -0.25) is 29.2 Å². The molecular weight excluding hydrogens is 703 g/mol. The molecule has 4 heterocycles. The van der Waals surface area contributed by atoms with E-state index in [0.29, 0.717) is 51.5 Å². The molecule has 0 radical (unpaired) electrons. The summed E-state index contributed by atoms with van der Waals surface area (Å²) < 4.78 is 39.1. The fourth-order valence-corrected chi connectivity index (χ4v) is 9.68. The summed E-state index contributed by atoms with van der Waals surface area (Å²) in [4.78, 5) is 70.5. The monoisotopic (exact) mass is 751 g/mol. The lowest BCUT2D eigenvalue weighted by Gasteiger charge is -2.34. The summed E-state index contributed by atoms with van der Waals surface area (Å²) >= 11 is 0.